The zero-order valence-electron chi connectivity index (χ0n) is 11.4. The molecular formula is C13H21ClN4O. The molecule has 0 spiro atoms. The minimum absolute atomic E-state index is 0. The van der Waals surface area contributed by atoms with E-state index in [1.54, 1.807) is 17.0 Å². The van der Waals surface area contributed by atoms with E-state index in [-0.39, 0.29) is 18.3 Å². The molecule has 1 saturated heterocycles. The number of carbonyl (C=O) groups excluding carboxylic acids is 1. The lowest BCUT2D eigenvalue weighted by atomic mass is 10.1. The number of hydrogen-bond acceptors (Lipinski definition) is 3. The van der Waals surface area contributed by atoms with Crippen LogP contribution in [0.4, 0.5) is 0 Å². The number of halogens is 1. The second-order valence-electron chi connectivity index (χ2n) is 4.63. The minimum atomic E-state index is 0. The van der Waals surface area contributed by atoms with Crippen LogP contribution in [-0.4, -0.2) is 46.8 Å². The fourth-order valence-electron chi connectivity index (χ4n) is 2.22. The SMILES string of the molecule is CNC1CCCN(C(=O)/C=C/c2ccnn2C)C1.Cl. The molecule has 5 nitrogen and oxygen atoms in total. The largest absolute Gasteiger partial charge is 0.338 e. The van der Waals surface area contributed by atoms with Crippen LogP contribution in [0, 0.1) is 0 Å². The lowest BCUT2D eigenvalue weighted by Gasteiger charge is -2.31. The van der Waals surface area contributed by atoms with Crippen molar-refractivity contribution in [1.29, 1.82) is 0 Å². The van der Waals surface area contributed by atoms with Gasteiger partial charge in [0.2, 0.25) is 5.91 Å². The molecule has 19 heavy (non-hydrogen) atoms. The maximum absolute atomic E-state index is 12.0. The molecule has 0 aliphatic carbocycles. The van der Waals surface area contributed by atoms with Gasteiger partial charge in [-0.2, -0.15) is 5.10 Å². The topological polar surface area (TPSA) is 50.2 Å². The van der Waals surface area contributed by atoms with E-state index in [2.05, 4.69) is 10.4 Å². The van der Waals surface area contributed by atoms with Crippen molar-refractivity contribution >= 4 is 24.4 Å². The van der Waals surface area contributed by atoms with Gasteiger partial charge in [0.05, 0.1) is 5.69 Å². The number of likely N-dealkylation sites (N-methyl/N-ethyl adjacent to an activating group) is 1. The Morgan fingerprint density at radius 3 is 3.00 bits per heavy atom. The van der Waals surface area contributed by atoms with Crippen molar-refractivity contribution in [3.05, 3.63) is 24.0 Å². The van der Waals surface area contributed by atoms with Crippen molar-refractivity contribution < 1.29 is 4.79 Å². The van der Waals surface area contributed by atoms with Crippen molar-refractivity contribution in [3.63, 3.8) is 0 Å². The van der Waals surface area contributed by atoms with E-state index in [1.807, 2.05) is 31.1 Å². The minimum Gasteiger partial charge on any atom is -0.338 e. The number of carbonyl (C=O) groups is 1. The molecule has 106 valence electrons. The summed E-state index contributed by atoms with van der Waals surface area (Å²) in [7, 11) is 3.81. The molecule has 1 aromatic rings. The maximum atomic E-state index is 12.0. The highest BCUT2D eigenvalue weighted by Crippen LogP contribution is 2.10. The third-order valence-electron chi connectivity index (χ3n) is 3.40. The van der Waals surface area contributed by atoms with Crippen LogP contribution in [0.25, 0.3) is 6.08 Å². The zero-order chi connectivity index (χ0) is 13.0. The molecule has 2 heterocycles. The van der Waals surface area contributed by atoms with Crippen LogP contribution in [0.5, 0.6) is 0 Å². The van der Waals surface area contributed by atoms with Crippen LogP contribution in [-0.2, 0) is 11.8 Å². The standard InChI is InChI=1S/C13H20N4O.ClH/c1-14-11-4-3-9-17(10-11)13(18)6-5-12-7-8-15-16(12)2;/h5-8,11,14H,3-4,9-10H2,1-2H3;1H/b6-5+;. The summed E-state index contributed by atoms with van der Waals surface area (Å²) in [5.74, 6) is 0.0798. The van der Waals surface area contributed by atoms with Crippen LogP contribution in [0.1, 0.15) is 18.5 Å². The molecule has 0 bridgehead atoms. The highest BCUT2D eigenvalue weighted by Gasteiger charge is 2.20. The lowest BCUT2D eigenvalue weighted by molar-refractivity contribution is -0.127. The Balaban J connectivity index is 0.00000180. The molecular weight excluding hydrogens is 264 g/mol. The van der Waals surface area contributed by atoms with Gasteiger partial charge in [-0.3, -0.25) is 9.48 Å². The molecule has 2 rings (SSSR count). The number of aryl methyl sites for hydroxylation is 1. The summed E-state index contributed by atoms with van der Waals surface area (Å²) < 4.78 is 1.75. The quantitative estimate of drug-likeness (QED) is 0.845. The molecule has 0 saturated carbocycles. The van der Waals surface area contributed by atoms with E-state index in [9.17, 15) is 4.79 Å². The number of aromatic nitrogens is 2. The van der Waals surface area contributed by atoms with Gasteiger partial charge in [-0.05, 0) is 32.0 Å². The zero-order valence-corrected chi connectivity index (χ0v) is 12.2. The van der Waals surface area contributed by atoms with Crippen LogP contribution < -0.4 is 5.32 Å². The Kier molecular flexibility index (Phi) is 6.05. The number of likely N-dealkylation sites (tertiary alicyclic amines) is 1. The highest BCUT2D eigenvalue weighted by molar-refractivity contribution is 5.91. The van der Waals surface area contributed by atoms with Crippen LogP contribution in [0.3, 0.4) is 0 Å². The molecule has 1 unspecified atom stereocenters. The van der Waals surface area contributed by atoms with E-state index < -0.39 is 0 Å². The predicted octanol–water partition coefficient (Wildman–Crippen LogP) is 1.07. The van der Waals surface area contributed by atoms with Gasteiger partial charge in [0.1, 0.15) is 0 Å². The smallest absolute Gasteiger partial charge is 0.246 e. The summed E-state index contributed by atoms with van der Waals surface area (Å²) in [4.78, 5) is 13.9. The normalized spacial score (nSPS) is 19.5. The lowest BCUT2D eigenvalue weighted by Crippen LogP contribution is -2.46. The van der Waals surface area contributed by atoms with E-state index in [0.717, 1.165) is 31.6 Å². The molecule has 1 atom stereocenters. The molecule has 1 N–H and O–H groups in total. The van der Waals surface area contributed by atoms with Gasteiger partial charge in [-0.25, -0.2) is 0 Å². The van der Waals surface area contributed by atoms with Crippen LogP contribution in [0.2, 0.25) is 0 Å². The number of piperidine rings is 1. The molecule has 6 heteroatoms. The van der Waals surface area contributed by atoms with Gasteiger partial charge in [0.25, 0.3) is 0 Å². The number of amides is 1. The van der Waals surface area contributed by atoms with Gasteiger partial charge in [-0.15, -0.1) is 12.4 Å². The van der Waals surface area contributed by atoms with Gasteiger partial charge >= 0.3 is 0 Å². The Labute approximate surface area is 120 Å². The monoisotopic (exact) mass is 284 g/mol. The van der Waals surface area contributed by atoms with Crippen molar-refractivity contribution in [3.8, 4) is 0 Å². The fraction of sp³-hybridized carbons (Fsp3) is 0.538. The molecule has 0 aromatic carbocycles. The van der Waals surface area contributed by atoms with Crippen molar-refractivity contribution in [2.45, 2.75) is 18.9 Å². The average molecular weight is 285 g/mol. The predicted molar refractivity (Wildman–Crippen MR) is 78.2 cm³/mol. The Morgan fingerprint density at radius 1 is 1.58 bits per heavy atom. The first kappa shape index (κ1) is 15.7. The van der Waals surface area contributed by atoms with Gasteiger partial charge in [0.15, 0.2) is 0 Å². The molecule has 1 fully saturated rings. The summed E-state index contributed by atoms with van der Waals surface area (Å²) in [6.07, 6.45) is 7.39. The average Bonchev–Trinajstić information content (AvgIpc) is 2.81. The van der Waals surface area contributed by atoms with E-state index in [0.29, 0.717) is 6.04 Å². The number of hydrogen-bond donors (Lipinski definition) is 1. The maximum Gasteiger partial charge on any atom is 0.246 e. The van der Waals surface area contributed by atoms with E-state index in [1.165, 1.54) is 0 Å². The molecule has 0 radical (unpaired) electrons. The van der Waals surface area contributed by atoms with Crippen molar-refractivity contribution in [2.24, 2.45) is 7.05 Å². The first-order valence-electron chi connectivity index (χ1n) is 6.33. The first-order valence-corrected chi connectivity index (χ1v) is 6.33. The Hall–Kier alpha value is -1.33. The van der Waals surface area contributed by atoms with Crippen molar-refractivity contribution in [2.75, 3.05) is 20.1 Å². The summed E-state index contributed by atoms with van der Waals surface area (Å²) in [5.41, 5.74) is 0.936. The Bertz CT molecular complexity index is 444. The summed E-state index contributed by atoms with van der Waals surface area (Å²) in [5, 5.41) is 7.30. The van der Waals surface area contributed by atoms with Crippen molar-refractivity contribution in [1.82, 2.24) is 20.0 Å². The van der Waals surface area contributed by atoms with Crippen LogP contribution in [0.15, 0.2) is 18.3 Å². The molecule has 1 aliphatic rings. The van der Waals surface area contributed by atoms with Gasteiger partial charge in [0, 0.05) is 38.5 Å². The third-order valence-corrected chi connectivity index (χ3v) is 3.40. The van der Waals surface area contributed by atoms with Gasteiger partial charge < -0.3 is 10.2 Å². The number of nitrogens with one attached hydrogen (secondary N) is 1. The second-order valence-corrected chi connectivity index (χ2v) is 4.63. The van der Waals surface area contributed by atoms with E-state index >= 15 is 0 Å². The number of rotatable bonds is 3. The third kappa shape index (κ3) is 4.08. The summed E-state index contributed by atoms with van der Waals surface area (Å²) in [6.45, 7) is 1.65. The highest BCUT2D eigenvalue weighted by atomic mass is 35.5. The molecule has 1 amide bonds. The first-order chi connectivity index (χ1) is 8.70. The fourth-order valence-corrected chi connectivity index (χ4v) is 2.22. The second kappa shape index (κ2) is 7.31. The molecule has 1 aliphatic heterocycles. The summed E-state index contributed by atoms with van der Waals surface area (Å²) in [6, 6.07) is 2.31. The van der Waals surface area contributed by atoms with Gasteiger partial charge in [-0.1, -0.05) is 0 Å². The van der Waals surface area contributed by atoms with E-state index in [4.69, 9.17) is 0 Å². The summed E-state index contributed by atoms with van der Waals surface area (Å²) >= 11 is 0. The van der Waals surface area contributed by atoms with Crippen LogP contribution >= 0.6 is 12.4 Å². The number of nitrogens with zero attached hydrogens (tertiary/aromatic N) is 3. The Morgan fingerprint density at radius 2 is 2.37 bits per heavy atom. The molecule has 1 aromatic heterocycles.